The van der Waals surface area contributed by atoms with E-state index in [1.54, 1.807) is 37.4 Å². The summed E-state index contributed by atoms with van der Waals surface area (Å²) in [5.74, 6) is -0.625. The smallest absolute Gasteiger partial charge is 0.262 e. The van der Waals surface area contributed by atoms with Crippen molar-refractivity contribution in [3.63, 3.8) is 0 Å². The molecule has 6 heteroatoms. The van der Waals surface area contributed by atoms with Crippen molar-refractivity contribution >= 4 is 17.7 Å². The largest absolute Gasteiger partial charge is 0.496 e. The van der Waals surface area contributed by atoms with Gasteiger partial charge in [0.25, 0.3) is 11.8 Å². The first-order valence-corrected chi connectivity index (χ1v) is 7.45. The molecule has 1 aliphatic heterocycles. The van der Waals surface area contributed by atoms with E-state index in [0.29, 0.717) is 16.9 Å². The quantitative estimate of drug-likeness (QED) is 0.848. The van der Waals surface area contributed by atoms with Crippen LogP contribution in [0.4, 0.5) is 0 Å². The number of nitrogens with zero attached hydrogens (tertiary/aromatic N) is 1. The van der Waals surface area contributed by atoms with Gasteiger partial charge in [-0.1, -0.05) is 30.3 Å². The maximum Gasteiger partial charge on any atom is 0.262 e. The molecule has 1 N–H and O–H groups in total. The number of amides is 3. The summed E-state index contributed by atoms with van der Waals surface area (Å²) >= 11 is 0. The molecule has 3 rings (SSSR count). The van der Waals surface area contributed by atoms with Gasteiger partial charge in [-0.15, -0.1) is 0 Å². The van der Waals surface area contributed by atoms with Crippen molar-refractivity contribution in [2.45, 2.75) is 6.54 Å². The first-order valence-electron chi connectivity index (χ1n) is 7.45. The Kier molecular flexibility index (Phi) is 4.29. The topological polar surface area (TPSA) is 75.7 Å². The van der Waals surface area contributed by atoms with Crippen LogP contribution in [0.1, 0.15) is 26.3 Å². The predicted molar refractivity (Wildman–Crippen MR) is 86.6 cm³/mol. The average molecular weight is 324 g/mol. The van der Waals surface area contributed by atoms with E-state index in [1.165, 1.54) is 0 Å². The average Bonchev–Trinajstić information content (AvgIpc) is 2.85. The second-order valence-corrected chi connectivity index (χ2v) is 5.33. The third-order valence-electron chi connectivity index (χ3n) is 3.85. The number of benzene rings is 2. The number of ether oxygens (including phenoxy) is 1. The molecule has 0 spiro atoms. The van der Waals surface area contributed by atoms with E-state index in [1.807, 2.05) is 18.2 Å². The minimum absolute atomic E-state index is 0.256. The number of rotatable bonds is 5. The molecule has 2 aromatic rings. The van der Waals surface area contributed by atoms with Crippen LogP contribution < -0.4 is 10.1 Å². The highest BCUT2D eigenvalue weighted by atomic mass is 16.5. The summed E-state index contributed by atoms with van der Waals surface area (Å²) in [4.78, 5) is 37.5. The minimum atomic E-state index is -0.442. The third-order valence-corrected chi connectivity index (χ3v) is 3.85. The Balaban J connectivity index is 1.64. The summed E-state index contributed by atoms with van der Waals surface area (Å²) in [5, 5.41) is 2.70. The maximum atomic E-state index is 12.2. The van der Waals surface area contributed by atoms with Crippen molar-refractivity contribution in [1.82, 2.24) is 10.2 Å². The molecule has 0 aromatic heterocycles. The van der Waals surface area contributed by atoms with Crippen LogP contribution in [-0.2, 0) is 11.3 Å². The molecule has 0 saturated carbocycles. The Morgan fingerprint density at radius 1 is 1.00 bits per heavy atom. The van der Waals surface area contributed by atoms with E-state index in [9.17, 15) is 14.4 Å². The molecule has 0 radical (unpaired) electrons. The molecule has 0 unspecified atom stereocenters. The summed E-state index contributed by atoms with van der Waals surface area (Å²) in [5.41, 5.74) is 1.48. The van der Waals surface area contributed by atoms with E-state index in [4.69, 9.17) is 4.74 Å². The fourth-order valence-corrected chi connectivity index (χ4v) is 2.63. The zero-order chi connectivity index (χ0) is 17.1. The number of para-hydroxylation sites is 1. The summed E-state index contributed by atoms with van der Waals surface area (Å²) in [6, 6.07) is 13.9. The number of fused-ring (bicyclic) bond motifs is 1. The Bertz CT molecular complexity index is 781. The second kappa shape index (κ2) is 6.54. The number of carbonyl (C=O) groups is 3. The lowest BCUT2D eigenvalue weighted by Crippen LogP contribution is -2.40. The minimum Gasteiger partial charge on any atom is -0.496 e. The van der Waals surface area contributed by atoms with E-state index >= 15 is 0 Å². The molecular weight excluding hydrogens is 308 g/mol. The maximum absolute atomic E-state index is 12.2. The molecule has 1 heterocycles. The van der Waals surface area contributed by atoms with Gasteiger partial charge in [0.15, 0.2) is 0 Å². The van der Waals surface area contributed by atoms with Gasteiger partial charge in [-0.25, -0.2) is 0 Å². The summed E-state index contributed by atoms with van der Waals surface area (Å²) in [7, 11) is 1.56. The monoisotopic (exact) mass is 324 g/mol. The molecule has 0 saturated heterocycles. The SMILES string of the molecule is COc1ccccc1CNC(=O)CN1C(=O)c2ccccc2C1=O. The van der Waals surface area contributed by atoms with Gasteiger partial charge in [0.05, 0.1) is 18.2 Å². The van der Waals surface area contributed by atoms with Crippen molar-refractivity contribution in [2.75, 3.05) is 13.7 Å². The summed E-state index contributed by atoms with van der Waals surface area (Å²) < 4.78 is 5.22. The first kappa shape index (κ1) is 15.7. The van der Waals surface area contributed by atoms with Crippen LogP contribution in [-0.4, -0.2) is 36.3 Å². The van der Waals surface area contributed by atoms with Gasteiger partial charge in [0, 0.05) is 12.1 Å². The summed E-state index contributed by atoms with van der Waals surface area (Å²) in [6.45, 7) is -0.0481. The van der Waals surface area contributed by atoms with Gasteiger partial charge in [-0.3, -0.25) is 19.3 Å². The molecule has 24 heavy (non-hydrogen) atoms. The van der Waals surface area contributed by atoms with E-state index < -0.39 is 17.7 Å². The van der Waals surface area contributed by atoms with Crippen molar-refractivity contribution in [1.29, 1.82) is 0 Å². The predicted octanol–water partition coefficient (Wildman–Crippen LogP) is 1.61. The summed E-state index contributed by atoms with van der Waals surface area (Å²) in [6.07, 6.45) is 0. The standard InChI is InChI=1S/C18H16N2O4/c1-24-15-9-5-2-6-12(15)10-19-16(21)11-20-17(22)13-7-3-4-8-14(13)18(20)23/h2-9H,10-11H2,1H3,(H,19,21). The van der Waals surface area contributed by atoms with Gasteiger partial charge in [0.1, 0.15) is 12.3 Å². The molecule has 0 bridgehead atoms. The number of nitrogens with one attached hydrogen (secondary N) is 1. The highest BCUT2D eigenvalue weighted by Crippen LogP contribution is 2.22. The first-order chi connectivity index (χ1) is 11.6. The molecule has 3 amide bonds. The Hall–Kier alpha value is -3.15. The van der Waals surface area contributed by atoms with E-state index in [2.05, 4.69) is 5.32 Å². The lowest BCUT2D eigenvalue weighted by Gasteiger charge is -2.14. The van der Waals surface area contributed by atoms with Crippen LogP contribution >= 0.6 is 0 Å². The van der Waals surface area contributed by atoms with Crippen molar-refractivity contribution in [2.24, 2.45) is 0 Å². The normalized spacial score (nSPS) is 13.0. The second-order valence-electron chi connectivity index (χ2n) is 5.33. The fraction of sp³-hybridized carbons (Fsp3) is 0.167. The van der Waals surface area contributed by atoms with Crippen LogP contribution in [0.5, 0.6) is 5.75 Å². The van der Waals surface area contributed by atoms with E-state index in [0.717, 1.165) is 10.5 Å². The highest BCUT2D eigenvalue weighted by molar-refractivity contribution is 6.22. The van der Waals surface area contributed by atoms with Gasteiger partial charge in [0.2, 0.25) is 5.91 Å². The molecule has 6 nitrogen and oxygen atoms in total. The third kappa shape index (κ3) is 2.86. The van der Waals surface area contributed by atoms with Crippen molar-refractivity contribution in [3.8, 4) is 5.75 Å². The number of hydrogen-bond acceptors (Lipinski definition) is 4. The van der Waals surface area contributed by atoms with E-state index in [-0.39, 0.29) is 13.1 Å². The number of carbonyl (C=O) groups excluding carboxylic acids is 3. The van der Waals surface area contributed by atoms with Crippen LogP contribution in [0.3, 0.4) is 0 Å². The van der Waals surface area contributed by atoms with Crippen LogP contribution in [0.25, 0.3) is 0 Å². The molecule has 0 atom stereocenters. The van der Waals surface area contributed by atoms with Crippen molar-refractivity contribution < 1.29 is 19.1 Å². The van der Waals surface area contributed by atoms with Gasteiger partial charge in [-0.2, -0.15) is 0 Å². The fourth-order valence-electron chi connectivity index (χ4n) is 2.63. The Morgan fingerprint density at radius 2 is 1.58 bits per heavy atom. The zero-order valence-electron chi connectivity index (χ0n) is 13.1. The number of hydrogen-bond donors (Lipinski definition) is 1. The zero-order valence-corrected chi connectivity index (χ0v) is 13.1. The number of methoxy groups -OCH3 is 1. The molecule has 0 aliphatic carbocycles. The van der Waals surface area contributed by atoms with Crippen LogP contribution in [0.15, 0.2) is 48.5 Å². The lowest BCUT2D eigenvalue weighted by atomic mass is 10.1. The number of imide groups is 1. The highest BCUT2D eigenvalue weighted by Gasteiger charge is 2.36. The van der Waals surface area contributed by atoms with Crippen LogP contribution in [0, 0.1) is 0 Å². The molecule has 122 valence electrons. The van der Waals surface area contributed by atoms with Gasteiger partial charge in [-0.05, 0) is 18.2 Å². The van der Waals surface area contributed by atoms with Gasteiger partial charge < -0.3 is 10.1 Å². The molecule has 2 aromatic carbocycles. The lowest BCUT2D eigenvalue weighted by molar-refractivity contribution is -0.121. The Labute approximate surface area is 139 Å². The van der Waals surface area contributed by atoms with Gasteiger partial charge >= 0.3 is 0 Å². The van der Waals surface area contributed by atoms with Crippen molar-refractivity contribution in [3.05, 3.63) is 65.2 Å². The molecular formula is C18H16N2O4. The Morgan fingerprint density at radius 3 is 2.21 bits per heavy atom. The molecule has 0 fully saturated rings. The van der Waals surface area contributed by atoms with Crippen LogP contribution in [0.2, 0.25) is 0 Å². The molecule has 1 aliphatic rings.